The van der Waals surface area contributed by atoms with E-state index in [0.717, 1.165) is 18.8 Å². The van der Waals surface area contributed by atoms with Gasteiger partial charge in [-0.3, -0.25) is 0 Å². The molecule has 1 aromatic carbocycles. The van der Waals surface area contributed by atoms with Crippen LogP contribution in [0.2, 0.25) is 0 Å². The minimum Gasteiger partial charge on any atom is -0.368 e. The van der Waals surface area contributed by atoms with Crippen LogP contribution < -0.4 is 10.2 Å². The molecule has 18 heavy (non-hydrogen) atoms. The van der Waals surface area contributed by atoms with Gasteiger partial charge in [0.1, 0.15) is 0 Å². The Balaban J connectivity index is 2.11. The summed E-state index contributed by atoms with van der Waals surface area (Å²) < 4.78 is 0. The Morgan fingerprint density at radius 1 is 1.28 bits per heavy atom. The maximum Gasteiger partial charge on any atom is 0.0991 e. The quantitative estimate of drug-likeness (QED) is 0.853. The van der Waals surface area contributed by atoms with E-state index in [0.29, 0.717) is 18.0 Å². The highest BCUT2D eigenvalue weighted by molar-refractivity contribution is 5.50. The molecule has 2 atom stereocenters. The second-order valence-electron chi connectivity index (χ2n) is 4.69. The molecule has 1 aromatic rings. The van der Waals surface area contributed by atoms with Crippen molar-refractivity contribution in [2.75, 3.05) is 18.0 Å². The van der Waals surface area contributed by atoms with Crippen LogP contribution in [0.1, 0.15) is 18.9 Å². The summed E-state index contributed by atoms with van der Waals surface area (Å²) in [7, 11) is 0. The lowest BCUT2D eigenvalue weighted by Crippen LogP contribution is -2.55. The van der Waals surface area contributed by atoms with Crippen molar-refractivity contribution in [3.63, 3.8) is 0 Å². The number of hydrogen-bond donors (Lipinski definition) is 1. The van der Waals surface area contributed by atoms with Crippen molar-refractivity contribution < 1.29 is 0 Å². The average Bonchev–Trinajstić information content (AvgIpc) is 2.38. The van der Waals surface area contributed by atoms with Crippen LogP contribution in [0.4, 0.5) is 5.69 Å². The van der Waals surface area contributed by atoms with Gasteiger partial charge in [-0.2, -0.15) is 10.5 Å². The molecule has 0 spiro atoms. The largest absolute Gasteiger partial charge is 0.368 e. The third-order valence-electron chi connectivity index (χ3n) is 3.15. The smallest absolute Gasteiger partial charge is 0.0991 e. The molecule has 0 aromatic heterocycles. The molecule has 4 nitrogen and oxygen atoms in total. The maximum absolute atomic E-state index is 8.79. The van der Waals surface area contributed by atoms with Crippen molar-refractivity contribution in [3.8, 4) is 12.1 Å². The van der Waals surface area contributed by atoms with Gasteiger partial charge in [0.2, 0.25) is 0 Å². The number of rotatable bonds is 2. The van der Waals surface area contributed by atoms with Crippen molar-refractivity contribution in [2.24, 2.45) is 0 Å². The van der Waals surface area contributed by atoms with Crippen LogP contribution >= 0.6 is 0 Å². The van der Waals surface area contributed by atoms with E-state index in [9.17, 15) is 0 Å². The van der Waals surface area contributed by atoms with Crippen molar-refractivity contribution >= 4 is 5.69 Å². The number of anilines is 1. The van der Waals surface area contributed by atoms with Crippen LogP contribution in [0.25, 0.3) is 0 Å². The number of nitrogens with zero attached hydrogens (tertiary/aromatic N) is 3. The lowest BCUT2D eigenvalue weighted by atomic mass is 10.1. The van der Waals surface area contributed by atoms with E-state index in [-0.39, 0.29) is 6.04 Å². The molecule has 1 saturated heterocycles. The number of piperazine rings is 1. The van der Waals surface area contributed by atoms with Crippen molar-refractivity contribution in [3.05, 3.63) is 29.8 Å². The summed E-state index contributed by atoms with van der Waals surface area (Å²) in [6.07, 6.45) is 0.525. The van der Waals surface area contributed by atoms with E-state index in [2.05, 4.69) is 29.3 Å². The Hall–Kier alpha value is -2.04. The second-order valence-corrected chi connectivity index (χ2v) is 4.69. The third-order valence-corrected chi connectivity index (χ3v) is 3.15. The molecule has 0 radical (unpaired) electrons. The molecule has 1 heterocycles. The molecule has 2 unspecified atom stereocenters. The molecular formula is C14H16N4. The molecule has 0 saturated carbocycles. The summed E-state index contributed by atoms with van der Waals surface area (Å²) in [4.78, 5) is 2.27. The highest BCUT2D eigenvalue weighted by Gasteiger charge is 2.23. The zero-order valence-electron chi connectivity index (χ0n) is 10.4. The monoisotopic (exact) mass is 240 g/mol. The highest BCUT2D eigenvalue weighted by Crippen LogP contribution is 2.19. The van der Waals surface area contributed by atoms with Gasteiger partial charge in [-0.25, -0.2) is 0 Å². The fraction of sp³-hybridized carbons (Fsp3) is 0.429. The highest BCUT2D eigenvalue weighted by atomic mass is 15.2. The van der Waals surface area contributed by atoms with E-state index >= 15 is 0 Å². The minimum atomic E-state index is 0.217. The molecule has 1 aliphatic heterocycles. The minimum absolute atomic E-state index is 0.217. The van der Waals surface area contributed by atoms with Crippen LogP contribution in [0.5, 0.6) is 0 Å². The first kappa shape index (κ1) is 12.4. The normalized spacial score (nSPS) is 23.2. The SMILES string of the molecule is CC1CN(c2ccc(C#N)cc2)CC(CC#N)N1. The molecule has 1 aliphatic rings. The second kappa shape index (κ2) is 5.53. The van der Waals surface area contributed by atoms with Crippen LogP contribution in [-0.4, -0.2) is 25.2 Å². The van der Waals surface area contributed by atoms with Gasteiger partial charge in [0.15, 0.2) is 0 Å². The maximum atomic E-state index is 8.79. The van der Waals surface area contributed by atoms with Crippen LogP contribution in [0.15, 0.2) is 24.3 Å². The Morgan fingerprint density at radius 2 is 2.00 bits per heavy atom. The van der Waals surface area contributed by atoms with E-state index in [1.54, 1.807) is 0 Å². The average molecular weight is 240 g/mol. The summed E-state index contributed by atoms with van der Waals surface area (Å²) in [6.45, 7) is 3.89. The Bertz CT molecular complexity index is 480. The van der Waals surface area contributed by atoms with Crippen molar-refractivity contribution in [2.45, 2.75) is 25.4 Å². The van der Waals surface area contributed by atoms with E-state index in [4.69, 9.17) is 10.5 Å². The Labute approximate surface area is 107 Å². The van der Waals surface area contributed by atoms with Gasteiger partial charge < -0.3 is 10.2 Å². The molecular weight excluding hydrogens is 224 g/mol. The first-order chi connectivity index (χ1) is 8.72. The molecule has 0 amide bonds. The Morgan fingerprint density at radius 3 is 2.61 bits per heavy atom. The fourth-order valence-corrected chi connectivity index (χ4v) is 2.37. The van der Waals surface area contributed by atoms with E-state index in [1.165, 1.54) is 0 Å². The zero-order valence-corrected chi connectivity index (χ0v) is 10.4. The lowest BCUT2D eigenvalue weighted by molar-refractivity contribution is 0.391. The number of benzene rings is 1. The van der Waals surface area contributed by atoms with Gasteiger partial charge >= 0.3 is 0 Å². The Kier molecular flexibility index (Phi) is 3.82. The van der Waals surface area contributed by atoms with Gasteiger partial charge in [0, 0.05) is 30.9 Å². The lowest BCUT2D eigenvalue weighted by Gasteiger charge is -2.38. The van der Waals surface area contributed by atoms with Crippen molar-refractivity contribution in [1.82, 2.24) is 5.32 Å². The molecule has 4 heteroatoms. The summed E-state index contributed by atoms with van der Waals surface area (Å²) >= 11 is 0. The molecule has 2 rings (SSSR count). The standard InChI is InChI=1S/C14H16N4/c1-11-9-18(10-13(17-11)6-7-15)14-4-2-12(8-16)3-5-14/h2-5,11,13,17H,6,9-10H2,1H3. The molecule has 0 aliphatic carbocycles. The summed E-state index contributed by atoms with van der Waals surface area (Å²) in [6, 6.07) is 12.5. The molecule has 1 N–H and O–H groups in total. The van der Waals surface area contributed by atoms with Gasteiger partial charge in [-0.1, -0.05) is 0 Å². The van der Waals surface area contributed by atoms with Gasteiger partial charge in [0.05, 0.1) is 24.1 Å². The number of nitrogens with one attached hydrogen (secondary N) is 1. The first-order valence-corrected chi connectivity index (χ1v) is 6.11. The third kappa shape index (κ3) is 2.80. The first-order valence-electron chi connectivity index (χ1n) is 6.11. The van der Waals surface area contributed by atoms with E-state index < -0.39 is 0 Å². The van der Waals surface area contributed by atoms with Crippen LogP contribution in [0, 0.1) is 22.7 Å². The van der Waals surface area contributed by atoms with Crippen LogP contribution in [-0.2, 0) is 0 Å². The molecule has 92 valence electrons. The van der Waals surface area contributed by atoms with Crippen LogP contribution in [0.3, 0.4) is 0 Å². The number of nitriles is 2. The van der Waals surface area contributed by atoms with E-state index in [1.807, 2.05) is 24.3 Å². The predicted octanol–water partition coefficient (Wildman–Crippen LogP) is 1.64. The number of hydrogen-bond acceptors (Lipinski definition) is 4. The topological polar surface area (TPSA) is 62.9 Å². The van der Waals surface area contributed by atoms with Crippen molar-refractivity contribution in [1.29, 1.82) is 10.5 Å². The fourth-order valence-electron chi connectivity index (χ4n) is 2.37. The molecule has 1 fully saturated rings. The van der Waals surface area contributed by atoms with Gasteiger partial charge in [-0.05, 0) is 31.2 Å². The summed E-state index contributed by atoms with van der Waals surface area (Å²) in [5, 5.41) is 21.0. The molecule has 0 bridgehead atoms. The predicted molar refractivity (Wildman–Crippen MR) is 70.0 cm³/mol. The van der Waals surface area contributed by atoms with Gasteiger partial charge in [0.25, 0.3) is 0 Å². The van der Waals surface area contributed by atoms with Gasteiger partial charge in [-0.15, -0.1) is 0 Å². The zero-order chi connectivity index (χ0) is 13.0. The summed E-state index contributed by atoms with van der Waals surface area (Å²) in [5.74, 6) is 0. The summed E-state index contributed by atoms with van der Waals surface area (Å²) in [5.41, 5.74) is 1.79.